The van der Waals surface area contributed by atoms with E-state index in [0.29, 0.717) is 17.2 Å². The van der Waals surface area contributed by atoms with Gasteiger partial charge in [-0.3, -0.25) is 9.36 Å². The molecule has 1 atom stereocenters. The van der Waals surface area contributed by atoms with E-state index in [-0.39, 0.29) is 11.9 Å². The number of nitrogens with one attached hydrogen (secondary N) is 1. The Morgan fingerprint density at radius 2 is 1.86 bits per heavy atom. The normalized spacial score (nSPS) is 11.7. The highest BCUT2D eigenvalue weighted by molar-refractivity contribution is 5.93. The molecule has 0 saturated carbocycles. The van der Waals surface area contributed by atoms with Crippen LogP contribution in [0.15, 0.2) is 55.0 Å². The standard InChI is InChI=1S/C22H25N3O3/c1-5-15(2)24-22(26)19-13-23-14-25(19)18-8-6-7-16(11-18)17-9-10-20(27-3)21(12-17)28-4/h6-15H,5H2,1-4H3,(H,24,26). The van der Waals surface area contributed by atoms with Crippen molar-refractivity contribution in [2.24, 2.45) is 0 Å². The van der Waals surface area contributed by atoms with E-state index >= 15 is 0 Å². The molecule has 0 aliphatic rings. The summed E-state index contributed by atoms with van der Waals surface area (Å²) in [6.07, 6.45) is 4.11. The fourth-order valence-corrected chi connectivity index (χ4v) is 2.92. The molecule has 6 heteroatoms. The van der Waals surface area contributed by atoms with Crippen LogP contribution in [0.4, 0.5) is 0 Å². The number of hydrogen-bond donors (Lipinski definition) is 1. The van der Waals surface area contributed by atoms with Crippen molar-refractivity contribution in [3.05, 3.63) is 60.7 Å². The van der Waals surface area contributed by atoms with Crippen LogP contribution in [-0.4, -0.2) is 35.7 Å². The molecule has 3 aromatic rings. The van der Waals surface area contributed by atoms with E-state index in [1.54, 1.807) is 31.3 Å². The van der Waals surface area contributed by atoms with Crippen molar-refractivity contribution in [1.82, 2.24) is 14.9 Å². The van der Waals surface area contributed by atoms with Gasteiger partial charge in [-0.05, 0) is 48.7 Å². The third kappa shape index (κ3) is 4.01. The predicted octanol–water partition coefficient (Wildman–Crippen LogP) is 4.08. The molecule has 1 heterocycles. The third-order valence-electron chi connectivity index (χ3n) is 4.70. The molecule has 0 fully saturated rings. The number of ether oxygens (including phenoxy) is 2. The van der Waals surface area contributed by atoms with Crippen LogP contribution in [0, 0.1) is 0 Å². The van der Waals surface area contributed by atoms with E-state index in [4.69, 9.17) is 9.47 Å². The number of carbonyl (C=O) groups is 1. The number of aromatic nitrogens is 2. The maximum Gasteiger partial charge on any atom is 0.270 e. The molecular formula is C22H25N3O3. The Kier molecular flexibility index (Phi) is 5.99. The molecule has 2 aromatic carbocycles. The Labute approximate surface area is 165 Å². The lowest BCUT2D eigenvalue weighted by atomic mass is 10.0. The Morgan fingerprint density at radius 1 is 1.11 bits per heavy atom. The van der Waals surface area contributed by atoms with Crippen LogP contribution in [0.1, 0.15) is 30.8 Å². The molecule has 28 heavy (non-hydrogen) atoms. The second-order valence-electron chi connectivity index (χ2n) is 6.55. The van der Waals surface area contributed by atoms with Crippen molar-refractivity contribution in [3.63, 3.8) is 0 Å². The van der Waals surface area contributed by atoms with Crippen LogP contribution in [0.25, 0.3) is 16.8 Å². The van der Waals surface area contributed by atoms with E-state index < -0.39 is 0 Å². The molecule has 0 spiro atoms. The summed E-state index contributed by atoms with van der Waals surface area (Å²) in [7, 11) is 3.23. The minimum atomic E-state index is -0.136. The van der Waals surface area contributed by atoms with Crippen LogP contribution >= 0.6 is 0 Å². The van der Waals surface area contributed by atoms with Gasteiger partial charge in [0.2, 0.25) is 0 Å². The molecule has 6 nitrogen and oxygen atoms in total. The molecule has 1 aromatic heterocycles. The SMILES string of the molecule is CCC(C)NC(=O)c1cncn1-c1cccc(-c2ccc(OC)c(OC)c2)c1. The summed E-state index contributed by atoms with van der Waals surface area (Å²) in [6, 6.07) is 13.8. The highest BCUT2D eigenvalue weighted by atomic mass is 16.5. The Balaban J connectivity index is 1.95. The third-order valence-corrected chi connectivity index (χ3v) is 4.70. The second-order valence-corrected chi connectivity index (χ2v) is 6.55. The molecule has 0 aliphatic carbocycles. The summed E-state index contributed by atoms with van der Waals surface area (Å²) in [5.74, 6) is 1.21. The van der Waals surface area contributed by atoms with Gasteiger partial charge in [-0.1, -0.05) is 25.1 Å². The number of hydrogen-bond acceptors (Lipinski definition) is 4. The first-order valence-corrected chi connectivity index (χ1v) is 9.23. The Hall–Kier alpha value is -3.28. The quantitative estimate of drug-likeness (QED) is 0.672. The number of methoxy groups -OCH3 is 2. The number of nitrogens with zero attached hydrogens (tertiary/aromatic N) is 2. The van der Waals surface area contributed by atoms with Crippen molar-refractivity contribution >= 4 is 5.91 Å². The summed E-state index contributed by atoms with van der Waals surface area (Å²) in [4.78, 5) is 16.7. The highest BCUT2D eigenvalue weighted by Gasteiger charge is 2.15. The maximum absolute atomic E-state index is 12.6. The van der Waals surface area contributed by atoms with Gasteiger partial charge < -0.3 is 14.8 Å². The lowest BCUT2D eigenvalue weighted by molar-refractivity contribution is 0.0932. The molecule has 146 valence electrons. The molecule has 1 unspecified atom stereocenters. The smallest absolute Gasteiger partial charge is 0.270 e. The second kappa shape index (κ2) is 8.61. The fraction of sp³-hybridized carbons (Fsp3) is 0.273. The monoisotopic (exact) mass is 379 g/mol. The average molecular weight is 379 g/mol. The van der Waals surface area contributed by atoms with E-state index in [1.807, 2.05) is 56.3 Å². The number of amides is 1. The maximum atomic E-state index is 12.6. The highest BCUT2D eigenvalue weighted by Crippen LogP contribution is 2.33. The first-order chi connectivity index (χ1) is 13.6. The fourth-order valence-electron chi connectivity index (χ4n) is 2.92. The largest absolute Gasteiger partial charge is 0.493 e. The van der Waals surface area contributed by atoms with Crippen LogP contribution in [0.5, 0.6) is 11.5 Å². The van der Waals surface area contributed by atoms with Crippen molar-refractivity contribution in [2.75, 3.05) is 14.2 Å². The minimum Gasteiger partial charge on any atom is -0.493 e. The van der Waals surface area contributed by atoms with Gasteiger partial charge in [-0.2, -0.15) is 0 Å². The molecule has 0 bridgehead atoms. The minimum absolute atomic E-state index is 0.106. The van der Waals surface area contributed by atoms with Crippen LogP contribution in [0.2, 0.25) is 0 Å². The van der Waals surface area contributed by atoms with E-state index in [2.05, 4.69) is 10.3 Å². The molecule has 0 aliphatic heterocycles. The van der Waals surface area contributed by atoms with Crippen molar-refractivity contribution in [3.8, 4) is 28.3 Å². The zero-order valence-electron chi connectivity index (χ0n) is 16.6. The number of rotatable bonds is 7. The lowest BCUT2D eigenvalue weighted by Crippen LogP contribution is -2.33. The van der Waals surface area contributed by atoms with Gasteiger partial charge in [0.1, 0.15) is 5.69 Å². The predicted molar refractivity (Wildman–Crippen MR) is 109 cm³/mol. The zero-order chi connectivity index (χ0) is 20.1. The van der Waals surface area contributed by atoms with Gasteiger partial charge in [0.25, 0.3) is 5.91 Å². The topological polar surface area (TPSA) is 65.4 Å². The van der Waals surface area contributed by atoms with E-state index in [0.717, 1.165) is 23.2 Å². The van der Waals surface area contributed by atoms with E-state index in [9.17, 15) is 4.79 Å². The lowest BCUT2D eigenvalue weighted by Gasteiger charge is -2.14. The average Bonchev–Trinajstić information content (AvgIpc) is 3.23. The molecule has 0 saturated heterocycles. The van der Waals surface area contributed by atoms with Gasteiger partial charge in [0.15, 0.2) is 11.5 Å². The Morgan fingerprint density at radius 3 is 2.57 bits per heavy atom. The summed E-state index contributed by atoms with van der Waals surface area (Å²) in [6.45, 7) is 4.02. The summed E-state index contributed by atoms with van der Waals surface area (Å²) in [5, 5.41) is 2.99. The van der Waals surface area contributed by atoms with Gasteiger partial charge in [-0.15, -0.1) is 0 Å². The molecule has 1 N–H and O–H groups in total. The molecule has 3 rings (SSSR count). The Bertz CT molecular complexity index is 965. The van der Waals surface area contributed by atoms with Crippen LogP contribution < -0.4 is 14.8 Å². The van der Waals surface area contributed by atoms with Crippen molar-refractivity contribution in [1.29, 1.82) is 0 Å². The van der Waals surface area contributed by atoms with Gasteiger partial charge in [-0.25, -0.2) is 4.98 Å². The van der Waals surface area contributed by atoms with Gasteiger partial charge in [0.05, 0.1) is 26.7 Å². The first-order valence-electron chi connectivity index (χ1n) is 9.23. The number of imidazole rings is 1. The molecular weight excluding hydrogens is 354 g/mol. The number of benzene rings is 2. The van der Waals surface area contributed by atoms with Gasteiger partial charge >= 0.3 is 0 Å². The first kappa shape index (κ1) is 19.5. The number of carbonyl (C=O) groups excluding carboxylic acids is 1. The molecule has 0 radical (unpaired) electrons. The van der Waals surface area contributed by atoms with Crippen molar-refractivity contribution < 1.29 is 14.3 Å². The van der Waals surface area contributed by atoms with Crippen LogP contribution in [0.3, 0.4) is 0 Å². The molecule has 1 amide bonds. The van der Waals surface area contributed by atoms with E-state index in [1.165, 1.54) is 0 Å². The van der Waals surface area contributed by atoms with Crippen LogP contribution in [-0.2, 0) is 0 Å². The summed E-state index contributed by atoms with van der Waals surface area (Å²) in [5.41, 5.74) is 3.36. The summed E-state index contributed by atoms with van der Waals surface area (Å²) >= 11 is 0. The van der Waals surface area contributed by atoms with Gasteiger partial charge in [0, 0.05) is 11.7 Å². The zero-order valence-corrected chi connectivity index (χ0v) is 16.6. The van der Waals surface area contributed by atoms with Crippen molar-refractivity contribution in [2.45, 2.75) is 26.3 Å². The summed E-state index contributed by atoms with van der Waals surface area (Å²) < 4.78 is 12.5.